The van der Waals surface area contributed by atoms with E-state index >= 15 is 0 Å². The monoisotopic (exact) mass is 268 g/mol. The van der Waals surface area contributed by atoms with E-state index in [2.05, 4.69) is 10.6 Å². The second kappa shape index (κ2) is 3.65. The number of carbonyl (C=O) groups is 2. The van der Waals surface area contributed by atoms with Crippen LogP contribution in [0.25, 0.3) is 0 Å². The van der Waals surface area contributed by atoms with Crippen LogP contribution in [0.1, 0.15) is 10.5 Å². The first-order chi connectivity index (χ1) is 8.49. The van der Waals surface area contributed by atoms with Crippen molar-refractivity contribution in [2.45, 2.75) is 5.54 Å². The van der Waals surface area contributed by atoms with Gasteiger partial charge in [0.2, 0.25) is 0 Å². The maximum atomic E-state index is 12.2. The van der Waals surface area contributed by atoms with Gasteiger partial charge in [0, 0.05) is 32.9 Å². The van der Waals surface area contributed by atoms with E-state index in [-0.39, 0.29) is 17.5 Å². The molecule has 0 atom stereocenters. The highest BCUT2D eigenvalue weighted by Gasteiger charge is 2.49. The minimum Gasteiger partial charge on any atom is -0.345 e. The Kier molecular flexibility index (Phi) is 2.31. The van der Waals surface area contributed by atoms with Gasteiger partial charge in [0.15, 0.2) is 0 Å². The summed E-state index contributed by atoms with van der Waals surface area (Å²) in [5, 5.41) is 6.11. The van der Waals surface area contributed by atoms with Crippen LogP contribution in [0.4, 0.5) is 4.79 Å². The molecule has 2 aliphatic rings. The number of likely N-dealkylation sites (tertiary alicyclic amines) is 1. The Morgan fingerprint density at radius 3 is 2.72 bits per heavy atom. The molecule has 96 valence electrons. The van der Waals surface area contributed by atoms with Gasteiger partial charge in [0.1, 0.15) is 5.69 Å². The summed E-state index contributed by atoms with van der Waals surface area (Å²) in [5.41, 5.74) is 0.286. The number of urea groups is 1. The summed E-state index contributed by atoms with van der Waals surface area (Å²) in [5.74, 6) is -0.0591. The van der Waals surface area contributed by atoms with Gasteiger partial charge in [-0.25, -0.2) is 4.79 Å². The molecule has 0 aromatic carbocycles. The van der Waals surface area contributed by atoms with Crippen LogP contribution in [-0.2, 0) is 7.05 Å². The first-order valence-electron chi connectivity index (χ1n) is 5.66. The zero-order valence-electron chi connectivity index (χ0n) is 9.86. The first kappa shape index (κ1) is 11.4. The van der Waals surface area contributed by atoms with Crippen LogP contribution in [0.15, 0.2) is 12.3 Å². The Hall–Kier alpha value is -1.69. The predicted octanol–water partition coefficient (Wildman–Crippen LogP) is 0.186. The lowest BCUT2D eigenvalue weighted by atomic mass is 9.90. The summed E-state index contributed by atoms with van der Waals surface area (Å²) >= 11 is 5.86. The molecular weight excluding hydrogens is 256 g/mol. The number of nitrogens with one attached hydrogen (secondary N) is 2. The van der Waals surface area contributed by atoms with Crippen LogP contribution in [-0.4, -0.2) is 46.6 Å². The molecular formula is C11H13ClN4O2. The number of hydrogen-bond donors (Lipinski definition) is 2. The topological polar surface area (TPSA) is 66.4 Å². The second-order valence-corrected chi connectivity index (χ2v) is 5.34. The van der Waals surface area contributed by atoms with Crippen molar-refractivity contribution in [1.29, 1.82) is 0 Å². The molecule has 3 amide bonds. The van der Waals surface area contributed by atoms with Crippen molar-refractivity contribution < 1.29 is 9.59 Å². The highest BCUT2D eigenvalue weighted by molar-refractivity contribution is 6.31. The number of halogens is 1. The first-order valence-corrected chi connectivity index (χ1v) is 6.04. The van der Waals surface area contributed by atoms with Gasteiger partial charge in [-0.1, -0.05) is 11.6 Å². The standard InChI is InChI=1S/C11H13ClN4O2/c1-15-3-7(12)2-8(15)9(17)16-5-11(6-16)4-13-10(18)14-11/h2-3H,4-6H2,1H3,(H2,13,14,18). The molecule has 2 saturated heterocycles. The van der Waals surface area contributed by atoms with E-state index < -0.39 is 0 Å². The van der Waals surface area contributed by atoms with Crippen molar-refractivity contribution in [3.8, 4) is 0 Å². The molecule has 0 bridgehead atoms. The number of rotatable bonds is 1. The van der Waals surface area contributed by atoms with E-state index in [0.717, 1.165) is 0 Å². The molecule has 3 heterocycles. The number of aryl methyl sites for hydroxylation is 1. The van der Waals surface area contributed by atoms with Gasteiger partial charge >= 0.3 is 6.03 Å². The minimum atomic E-state index is -0.276. The summed E-state index contributed by atoms with van der Waals surface area (Å²) in [7, 11) is 1.79. The van der Waals surface area contributed by atoms with E-state index in [1.165, 1.54) is 0 Å². The summed E-state index contributed by atoms with van der Waals surface area (Å²) in [6, 6.07) is 1.49. The van der Waals surface area contributed by atoms with E-state index in [1.54, 1.807) is 28.8 Å². The summed E-state index contributed by atoms with van der Waals surface area (Å²) in [6.07, 6.45) is 1.70. The largest absolute Gasteiger partial charge is 0.345 e. The maximum absolute atomic E-state index is 12.2. The van der Waals surface area contributed by atoms with Crippen molar-refractivity contribution in [3.05, 3.63) is 23.0 Å². The van der Waals surface area contributed by atoms with Gasteiger partial charge in [-0.2, -0.15) is 0 Å². The van der Waals surface area contributed by atoms with Gasteiger partial charge in [0.05, 0.1) is 10.6 Å². The van der Waals surface area contributed by atoms with Crippen LogP contribution in [0.5, 0.6) is 0 Å². The lowest BCUT2D eigenvalue weighted by Crippen LogP contribution is -2.70. The Morgan fingerprint density at radius 1 is 1.50 bits per heavy atom. The Bertz CT molecular complexity index is 533. The van der Waals surface area contributed by atoms with Crippen molar-refractivity contribution >= 4 is 23.5 Å². The zero-order valence-corrected chi connectivity index (χ0v) is 10.6. The average molecular weight is 269 g/mol. The van der Waals surface area contributed by atoms with E-state index in [9.17, 15) is 9.59 Å². The third-order valence-corrected chi connectivity index (χ3v) is 3.64. The molecule has 1 spiro atoms. The van der Waals surface area contributed by atoms with E-state index in [0.29, 0.717) is 30.4 Å². The van der Waals surface area contributed by atoms with Crippen molar-refractivity contribution in [1.82, 2.24) is 20.1 Å². The lowest BCUT2D eigenvalue weighted by molar-refractivity contribution is 0.0388. The molecule has 1 aromatic rings. The molecule has 0 radical (unpaired) electrons. The average Bonchev–Trinajstić information content (AvgIpc) is 2.79. The van der Waals surface area contributed by atoms with Crippen LogP contribution >= 0.6 is 11.6 Å². The van der Waals surface area contributed by atoms with Crippen molar-refractivity contribution in [2.24, 2.45) is 7.05 Å². The number of carbonyl (C=O) groups excluding carboxylic acids is 2. The van der Waals surface area contributed by atoms with Gasteiger partial charge in [-0.3, -0.25) is 4.79 Å². The molecule has 0 saturated carbocycles. The van der Waals surface area contributed by atoms with Crippen LogP contribution < -0.4 is 10.6 Å². The molecule has 2 N–H and O–H groups in total. The molecule has 6 nitrogen and oxygen atoms in total. The number of nitrogens with zero attached hydrogens (tertiary/aromatic N) is 2. The Balaban J connectivity index is 1.70. The van der Waals surface area contributed by atoms with E-state index in [1.807, 2.05) is 0 Å². The predicted molar refractivity (Wildman–Crippen MR) is 65.6 cm³/mol. The smallest absolute Gasteiger partial charge is 0.315 e. The fourth-order valence-electron chi connectivity index (χ4n) is 2.50. The van der Waals surface area contributed by atoms with Crippen LogP contribution in [0.3, 0.4) is 0 Å². The SMILES string of the molecule is Cn1cc(Cl)cc1C(=O)N1CC2(CNC(=O)N2)C1. The highest BCUT2D eigenvalue weighted by Crippen LogP contribution is 2.25. The third-order valence-electron chi connectivity index (χ3n) is 3.43. The normalized spacial score (nSPS) is 20.6. The van der Waals surface area contributed by atoms with Crippen molar-refractivity contribution in [2.75, 3.05) is 19.6 Å². The van der Waals surface area contributed by atoms with Crippen LogP contribution in [0.2, 0.25) is 5.02 Å². The van der Waals surface area contributed by atoms with Crippen LogP contribution in [0, 0.1) is 0 Å². The van der Waals surface area contributed by atoms with E-state index in [4.69, 9.17) is 11.6 Å². The maximum Gasteiger partial charge on any atom is 0.315 e. The fourth-order valence-corrected chi connectivity index (χ4v) is 2.75. The molecule has 0 unspecified atom stereocenters. The molecule has 2 fully saturated rings. The molecule has 0 aliphatic carbocycles. The molecule has 18 heavy (non-hydrogen) atoms. The Labute approximate surface area is 109 Å². The molecule has 1 aromatic heterocycles. The second-order valence-electron chi connectivity index (χ2n) is 4.90. The minimum absolute atomic E-state index is 0.0591. The highest BCUT2D eigenvalue weighted by atomic mass is 35.5. The molecule has 2 aliphatic heterocycles. The van der Waals surface area contributed by atoms with Gasteiger partial charge in [-0.05, 0) is 6.07 Å². The van der Waals surface area contributed by atoms with Crippen molar-refractivity contribution in [3.63, 3.8) is 0 Å². The van der Waals surface area contributed by atoms with Gasteiger partial charge < -0.3 is 20.1 Å². The number of hydrogen-bond acceptors (Lipinski definition) is 2. The summed E-state index contributed by atoms with van der Waals surface area (Å²) < 4.78 is 1.71. The number of amides is 3. The van der Waals surface area contributed by atoms with Gasteiger partial charge in [-0.15, -0.1) is 0 Å². The fraction of sp³-hybridized carbons (Fsp3) is 0.455. The number of aromatic nitrogens is 1. The lowest BCUT2D eigenvalue weighted by Gasteiger charge is -2.46. The summed E-state index contributed by atoms with van der Waals surface area (Å²) in [6.45, 7) is 1.64. The zero-order chi connectivity index (χ0) is 12.9. The molecule has 7 heteroatoms. The molecule has 3 rings (SSSR count). The third kappa shape index (κ3) is 1.64. The summed E-state index contributed by atoms with van der Waals surface area (Å²) in [4.78, 5) is 25.0. The quantitative estimate of drug-likeness (QED) is 0.763. The Morgan fingerprint density at radius 2 is 2.22 bits per heavy atom. The van der Waals surface area contributed by atoms with Gasteiger partial charge in [0.25, 0.3) is 5.91 Å².